The predicted molar refractivity (Wildman–Crippen MR) is 89.4 cm³/mol. The van der Waals surface area contributed by atoms with Crippen LogP contribution in [0, 0.1) is 6.92 Å². The second-order valence-corrected chi connectivity index (χ2v) is 7.36. The number of rotatable bonds is 5. The fourth-order valence-electron chi connectivity index (χ4n) is 2.08. The fourth-order valence-corrected chi connectivity index (χ4v) is 3.82. The Morgan fingerprint density at radius 3 is 2.09 bits per heavy atom. The van der Waals surface area contributed by atoms with Gasteiger partial charge in [0.25, 0.3) is 10.0 Å². The largest absolute Gasteiger partial charge is 0.480 e. The molecule has 122 valence electrons. The number of hydrogen-bond donors (Lipinski definition) is 1. The average molecular weight is 354 g/mol. The summed E-state index contributed by atoms with van der Waals surface area (Å²) in [5.41, 5.74) is 1.15. The monoisotopic (exact) mass is 353 g/mol. The lowest BCUT2D eigenvalue weighted by Gasteiger charge is -2.28. The Balaban J connectivity index is 2.58. The van der Waals surface area contributed by atoms with Crippen LogP contribution in [-0.2, 0) is 14.8 Å². The Morgan fingerprint density at radius 2 is 1.61 bits per heavy atom. The fraction of sp³-hybridized carbons (Fsp3) is 0.188. The van der Waals surface area contributed by atoms with Gasteiger partial charge in [0.15, 0.2) is 0 Å². The number of carbonyl (C=O) groups is 1. The molecule has 0 spiro atoms. The number of benzene rings is 2. The molecule has 0 aromatic heterocycles. The van der Waals surface area contributed by atoms with Crippen molar-refractivity contribution in [1.82, 2.24) is 0 Å². The number of aliphatic carboxylic acids is 1. The van der Waals surface area contributed by atoms with Crippen molar-refractivity contribution >= 4 is 33.3 Å². The van der Waals surface area contributed by atoms with E-state index in [1.165, 1.54) is 43.3 Å². The average Bonchev–Trinajstić information content (AvgIpc) is 2.49. The van der Waals surface area contributed by atoms with Gasteiger partial charge in [0.2, 0.25) is 0 Å². The summed E-state index contributed by atoms with van der Waals surface area (Å²) in [7, 11) is -4.02. The number of halogens is 1. The minimum absolute atomic E-state index is 0.0335. The van der Waals surface area contributed by atoms with E-state index < -0.39 is 22.0 Å². The van der Waals surface area contributed by atoms with Crippen molar-refractivity contribution in [2.75, 3.05) is 4.31 Å². The number of anilines is 1. The first-order valence-corrected chi connectivity index (χ1v) is 8.65. The van der Waals surface area contributed by atoms with Crippen molar-refractivity contribution in [3.8, 4) is 0 Å². The Morgan fingerprint density at radius 1 is 1.09 bits per heavy atom. The van der Waals surface area contributed by atoms with Gasteiger partial charge in [-0.25, -0.2) is 13.2 Å². The number of sulfonamides is 1. The lowest BCUT2D eigenvalue weighted by Crippen LogP contribution is -2.43. The summed E-state index contributed by atoms with van der Waals surface area (Å²) >= 11 is 5.82. The summed E-state index contributed by atoms with van der Waals surface area (Å²) in [4.78, 5) is 11.4. The third-order valence-corrected chi connectivity index (χ3v) is 5.53. The second-order valence-electron chi connectivity index (χ2n) is 5.10. The smallest absolute Gasteiger partial charge is 0.327 e. The summed E-state index contributed by atoms with van der Waals surface area (Å²) in [5, 5.41) is 9.73. The van der Waals surface area contributed by atoms with Gasteiger partial charge in [0.1, 0.15) is 6.04 Å². The zero-order chi connectivity index (χ0) is 17.2. The molecule has 2 aromatic rings. The molecule has 2 aromatic carbocycles. The third kappa shape index (κ3) is 3.65. The third-order valence-electron chi connectivity index (χ3n) is 3.37. The van der Waals surface area contributed by atoms with Gasteiger partial charge in [0.05, 0.1) is 10.6 Å². The maximum atomic E-state index is 12.9. The molecular formula is C16H16ClNO4S. The van der Waals surface area contributed by atoms with E-state index in [2.05, 4.69) is 0 Å². The summed E-state index contributed by atoms with van der Waals surface area (Å²) in [6.07, 6.45) is 0. The molecule has 0 aliphatic rings. The van der Waals surface area contributed by atoms with Crippen LogP contribution >= 0.6 is 11.6 Å². The number of carboxylic acids is 1. The number of hydrogen-bond acceptors (Lipinski definition) is 3. The molecular weight excluding hydrogens is 338 g/mol. The molecule has 1 unspecified atom stereocenters. The zero-order valence-electron chi connectivity index (χ0n) is 12.6. The van der Waals surface area contributed by atoms with Gasteiger partial charge < -0.3 is 5.11 Å². The predicted octanol–water partition coefficient (Wildman–Crippen LogP) is 3.32. The summed E-state index contributed by atoms with van der Waals surface area (Å²) in [5.74, 6) is -1.24. The number of nitrogens with zero attached hydrogens (tertiary/aromatic N) is 1. The van der Waals surface area contributed by atoms with Crippen molar-refractivity contribution in [2.45, 2.75) is 24.8 Å². The van der Waals surface area contributed by atoms with E-state index in [0.717, 1.165) is 9.87 Å². The van der Waals surface area contributed by atoms with E-state index in [0.29, 0.717) is 5.02 Å². The molecule has 0 aliphatic heterocycles. The highest BCUT2D eigenvalue weighted by Crippen LogP contribution is 2.27. The molecule has 2 rings (SSSR count). The van der Waals surface area contributed by atoms with Gasteiger partial charge in [-0.3, -0.25) is 4.31 Å². The number of aryl methyl sites for hydroxylation is 1. The van der Waals surface area contributed by atoms with Crippen LogP contribution in [0.5, 0.6) is 0 Å². The topological polar surface area (TPSA) is 74.7 Å². The standard InChI is InChI=1S/C16H16ClNO4S/c1-11-3-9-15(10-4-11)23(21,22)18(12(2)16(19)20)14-7-5-13(17)6-8-14/h3-10,12H,1-2H3,(H,19,20). The van der Waals surface area contributed by atoms with Gasteiger partial charge in [-0.15, -0.1) is 0 Å². The first-order chi connectivity index (χ1) is 10.7. The minimum Gasteiger partial charge on any atom is -0.480 e. The van der Waals surface area contributed by atoms with Gasteiger partial charge in [0, 0.05) is 5.02 Å². The van der Waals surface area contributed by atoms with Gasteiger partial charge in [-0.1, -0.05) is 29.3 Å². The van der Waals surface area contributed by atoms with Crippen molar-refractivity contribution < 1.29 is 18.3 Å². The normalized spacial score (nSPS) is 12.7. The Hall–Kier alpha value is -2.05. The summed E-state index contributed by atoms with van der Waals surface area (Å²) in [6.45, 7) is 3.16. The first kappa shape index (κ1) is 17.3. The number of carboxylic acid groups (broad SMARTS) is 1. The summed E-state index contributed by atoms with van der Waals surface area (Å²) in [6, 6.07) is 11.0. The quantitative estimate of drug-likeness (QED) is 0.894. The lowest BCUT2D eigenvalue weighted by molar-refractivity contribution is -0.137. The Bertz CT molecular complexity index is 801. The van der Waals surface area contributed by atoms with E-state index >= 15 is 0 Å². The van der Waals surface area contributed by atoms with Crippen LogP contribution in [0.2, 0.25) is 5.02 Å². The first-order valence-electron chi connectivity index (χ1n) is 6.83. The highest BCUT2D eigenvalue weighted by molar-refractivity contribution is 7.92. The van der Waals surface area contributed by atoms with E-state index in [4.69, 9.17) is 11.6 Å². The summed E-state index contributed by atoms with van der Waals surface area (Å²) < 4.78 is 26.7. The molecule has 7 heteroatoms. The highest BCUT2D eigenvalue weighted by Gasteiger charge is 2.33. The van der Waals surface area contributed by atoms with Crippen LogP contribution < -0.4 is 4.31 Å². The van der Waals surface area contributed by atoms with Crippen molar-refractivity contribution in [2.24, 2.45) is 0 Å². The molecule has 0 bridgehead atoms. The van der Waals surface area contributed by atoms with Crippen molar-refractivity contribution in [3.05, 3.63) is 59.1 Å². The minimum atomic E-state index is -4.02. The van der Waals surface area contributed by atoms with Crippen LogP contribution in [0.25, 0.3) is 0 Å². The molecule has 0 saturated heterocycles. The van der Waals surface area contributed by atoms with Crippen LogP contribution in [-0.4, -0.2) is 25.5 Å². The lowest BCUT2D eigenvalue weighted by atomic mass is 10.2. The SMILES string of the molecule is Cc1ccc(S(=O)(=O)N(c2ccc(Cl)cc2)C(C)C(=O)O)cc1. The van der Waals surface area contributed by atoms with E-state index in [1.54, 1.807) is 12.1 Å². The molecule has 0 saturated carbocycles. The van der Waals surface area contributed by atoms with Gasteiger partial charge in [-0.2, -0.15) is 0 Å². The second kappa shape index (κ2) is 6.60. The highest BCUT2D eigenvalue weighted by atomic mass is 35.5. The molecule has 23 heavy (non-hydrogen) atoms. The van der Waals surface area contributed by atoms with Gasteiger partial charge >= 0.3 is 5.97 Å². The van der Waals surface area contributed by atoms with E-state index in [-0.39, 0.29) is 10.6 Å². The Kier molecular flexibility index (Phi) is 4.97. The maximum absolute atomic E-state index is 12.9. The van der Waals surface area contributed by atoms with Crippen LogP contribution in [0.3, 0.4) is 0 Å². The molecule has 1 atom stereocenters. The van der Waals surface area contributed by atoms with Crippen molar-refractivity contribution in [3.63, 3.8) is 0 Å². The van der Waals surface area contributed by atoms with Crippen LogP contribution in [0.4, 0.5) is 5.69 Å². The van der Waals surface area contributed by atoms with Crippen LogP contribution in [0.1, 0.15) is 12.5 Å². The molecule has 0 heterocycles. The molecule has 0 aliphatic carbocycles. The van der Waals surface area contributed by atoms with Gasteiger partial charge in [-0.05, 0) is 50.2 Å². The molecule has 1 N–H and O–H groups in total. The maximum Gasteiger partial charge on any atom is 0.327 e. The van der Waals surface area contributed by atoms with Crippen LogP contribution in [0.15, 0.2) is 53.4 Å². The zero-order valence-corrected chi connectivity index (χ0v) is 14.2. The molecule has 0 amide bonds. The Labute approximate surface area is 140 Å². The van der Waals surface area contributed by atoms with E-state index in [1.807, 2.05) is 6.92 Å². The molecule has 0 radical (unpaired) electrons. The van der Waals surface area contributed by atoms with Crippen molar-refractivity contribution in [1.29, 1.82) is 0 Å². The molecule has 0 fully saturated rings. The molecule has 5 nitrogen and oxygen atoms in total. The van der Waals surface area contributed by atoms with E-state index in [9.17, 15) is 18.3 Å².